The molecule has 23 heavy (non-hydrogen) atoms. The van der Waals surface area contributed by atoms with E-state index in [1.54, 1.807) is 11.0 Å². The summed E-state index contributed by atoms with van der Waals surface area (Å²) in [6.45, 7) is 3.44. The molecule has 0 bridgehead atoms. The van der Waals surface area contributed by atoms with E-state index in [-0.39, 0.29) is 24.2 Å². The lowest BCUT2D eigenvalue weighted by atomic mass is 9.87. The molecule has 0 spiro atoms. The number of nitrogens with zero attached hydrogens (tertiary/aromatic N) is 2. The molecule has 6 heteroatoms. The van der Waals surface area contributed by atoms with Gasteiger partial charge in [-0.1, -0.05) is 0 Å². The normalized spacial score (nSPS) is 25.2. The second kappa shape index (κ2) is 5.76. The van der Waals surface area contributed by atoms with Crippen LogP contribution in [0.3, 0.4) is 0 Å². The van der Waals surface area contributed by atoms with Crippen LogP contribution in [0.4, 0.5) is 10.1 Å². The van der Waals surface area contributed by atoms with Crippen LogP contribution in [0, 0.1) is 5.82 Å². The predicted molar refractivity (Wildman–Crippen MR) is 85.3 cm³/mol. The summed E-state index contributed by atoms with van der Waals surface area (Å²) in [4.78, 5) is 16.1. The van der Waals surface area contributed by atoms with Crippen LogP contribution in [-0.2, 0) is 4.79 Å². The van der Waals surface area contributed by atoms with E-state index < -0.39 is 0 Å². The molecule has 0 saturated carbocycles. The first kappa shape index (κ1) is 14.9. The molecule has 1 aromatic rings. The van der Waals surface area contributed by atoms with Gasteiger partial charge in [0.15, 0.2) is 6.61 Å². The third-order valence-electron chi connectivity index (χ3n) is 5.27. The Labute approximate surface area is 135 Å². The first-order chi connectivity index (χ1) is 11.1. The molecule has 3 heterocycles. The Morgan fingerprint density at radius 1 is 1.22 bits per heavy atom. The summed E-state index contributed by atoms with van der Waals surface area (Å²) in [6.07, 6.45) is 2.79. The summed E-state index contributed by atoms with van der Waals surface area (Å²) >= 11 is 0. The smallest absolute Gasteiger partial charge is 0.265 e. The van der Waals surface area contributed by atoms with Gasteiger partial charge in [0, 0.05) is 30.6 Å². The first-order valence-electron chi connectivity index (χ1n) is 8.37. The summed E-state index contributed by atoms with van der Waals surface area (Å²) in [5.41, 5.74) is 7.27. The van der Waals surface area contributed by atoms with E-state index >= 15 is 0 Å². The van der Waals surface area contributed by atoms with Crippen molar-refractivity contribution < 1.29 is 13.9 Å². The fourth-order valence-electron chi connectivity index (χ4n) is 3.98. The molecule has 1 unspecified atom stereocenters. The Morgan fingerprint density at radius 2 is 2.00 bits per heavy atom. The number of rotatable bonds is 2. The third-order valence-corrected chi connectivity index (χ3v) is 5.27. The van der Waals surface area contributed by atoms with Crippen LogP contribution >= 0.6 is 0 Å². The molecule has 1 saturated heterocycles. The minimum absolute atomic E-state index is 0.0484. The monoisotopic (exact) mass is 319 g/mol. The summed E-state index contributed by atoms with van der Waals surface area (Å²) < 4.78 is 20.0. The molecule has 4 rings (SSSR count). The standard InChI is InChI=1S/C17H22FN3O2/c18-13-1-2-14-17-16(13)11(3-8-21(17)15(22)10-23-14)9-20-6-4-12(19)5-7-20/h1-2,11-12H,3-10,19H2. The average Bonchev–Trinajstić information content (AvgIpc) is 2.56. The molecule has 1 amide bonds. The van der Waals surface area contributed by atoms with Crippen LogP contribution < -0.4 is 15.4 Å². The van der Waals surface area contributed by atoms with Crippen LogP contribution in [0.5, 0.6) is 5.75 Å². The number of amides is 1. The number of halogens is 1. The molecule has 5 nitrogen and oxygen atoms in total. The Balaban J connectivity index is 1.63. The van der Waals surface area contributed by atoms with E-state index in [4.69, 9.17) is 10.5 Å². The van der Waals surface area contributed by atoms with Gasteiger partial charge < -0.3 is 20.3 Å². The van der Waals surface area contributed by atoms with Gasteiger partial charge in [-0.15, -0.1) is 0 Å². The Kier molecular flexibility index (Phi) is 3.73. The number of anilines is 1. The van der Waals surface area contributed by atoms with Crippen LogP contribution in [0.15, 0.2) is 12.1 Å². The molecule has 0 radical (unpaired) electrons. The summed E-state index contributed by atoms with van der Waals surface area (Å²) in [7, 11) is 0. The van der Waals surface area contributed by atoms with Crippen LogP contribution in [-0.4, -0.2) is 49.6 Å². The van der Waals surface area contributed by atoms with E-state index in [1.807, 2.05) is 0 Å². The van der Waals surface area contributed by atoms with Crippen molar-refractivity contribution in [2.24, 2.45) is 5.73 Å². The number of carbonyl (C=O) groups excluding carboxylic acids is 1. The molecule has 1 aromatic carbocycles. The highest BCUT2D eigenvalue weighted by atomic mass is 19.1. The van der Waals surface area contributed by atoms with Gasteiger partial charge in [0.05, 0.1) is 5.69 Å². The van der Waals surface area contributed by atoms with Crippen LogP contribution in [0.1, 0.15) is 30.7 Å². The quantitative estimate of drug-likeness (QED) is 0.897. The molecular formula is C17H22FN3O2. The largest absolute Gasteiger partial charge is 0.482 e. The van der Waals surface area contributed by atoms with Crippen molar-refractivity contribution >= 4 is 11.6 Å². The molecular weight excluding hydrogens is 297 g/mol. The van der Waals surface area contributed by atoms with E-state index in [2.05, 4.69) is 4.90 Å². The van der Waals surface area contributed by atoms with E-state index in [1.165, 1.54) is 6.07 Å². The highest BCUT2D eigenvalue weighted by molar-refractivity contribution is 5.99. The van der Waals surface area contributed by atoms with Gasteiger partial charge in [-0.3, -0.25) is 4.79 Å². The number of piperidine rings is 1. The van der Waals surface area contributed by atoms with Crippen molar-refractivity contribution in [3.8, 4) is 5.75 Å². The lowest BCUT2D eigenvalue weighted by Crippen LogP contribution is -2.46. The van der Waals surface area contributed by atoms with Gasteiger partial charge in [-0.05, 0) is 44.5 Å². The zero-order chi connectivity index (χ0) is 16.0. The maximum absolute atomic E-state index is 14.5. The molecule has 0 aliphatic carbocycles. The van der Waals surface area contributed by atoms with Gasteiger partial charge >= 0.3 is 0 Å². The molecule has 1 fully saturated rings. The van der Waals surface area contributed by atoms with E-state index in [0.29, 0.717) is 29.6 Å². The number of ether oxygens (including phenoxy) is 1. The Bertz CT molecular complexity index is 629. The average molecular weight is 319 g/mol. The summed E-state index contributed by atoms with van der Waals surface area (Å²) in [5.74, 6) is 0.425. The molecule has 3 aliphatic rings. The first-order valence-corrected chi connectivity index (χ1v) is 8.37. The topological polar surface area (TPSA) is 58.8 Å². The number of likely N-dealkylation sites (tertiary alicyclic amines) is 1. The highest BCUT2D eigenvalue weighted by Gasteiger charge is 2.37. The second-order valence-corrected chi connectivity index (χ2v) is 6.77. The Hall–Kier alpha value is -1.66. The minimum Gasteiger partial charge on any atom is -0.482 e. The molecule has 1 atom stereocenters. The fourth-order valence-corrected chi connectivity index (χ4v) is 3.98. The maximum atomic E-state index is 14.5. The SMILES string of the molecule is NC1CCN(CC2CCN3C(=O)COc4ccc(F)c2c43)CC1. The van der Waals surface area contributed by atoms with Crippen molar-refractivity contribution in [1.29, 1.82) is 0 Å². The van der Waals surface area contributed by atoms with E-state index in [9.17, 15) is 9.18 Å². The van der Waals surface area contributed by atoms with Crippen molar-refractivity contribution in [3.05, 3.63) is 23.5 Å². The van der Waals surface area contributed by atoms with Crippen molar-refractivity contribution in [2.75, 3.05) is 37.7 Å². The number of hydrogen-bond acceptors (Lipinski definition) is 4. The van der Waals surface area contributed by atoms with Crippen molar-refractivity contribution in [3.63, 3.8) is 0 Å². The van der Waals surface area contributed by atoms with Crippen molar-refractivity contribution in [1.82, 2.24) is 4.90 Å². The molecule has 0 aromatic heterocycles. The van der Waals surface area contributed by atoms with Gasteiger partial charge in [0.1, 0.15) is 11.6 Å². The molecule has 124 valence electrons. The zero-order valence-corrected chi connectivity index (χ0v) is 13.1. The van der Waals surface area contributed by atoms with Gasteiger partial charge in [-0.25, -0.2) is 4.39 Å². The van der Waals surface area contributed by atoms with E-state index in [0.717, 1.165) is 38.9 Å². The lowest BCUT2D eigenvalue weighted by molar-refractivity contribution is -0.121. The number of carbonyl (C=O) groups is 1. The van der Waals surface area contributed by atoms with Crippen LogP contribution in [0.2, 0.25) is 0 Å². The lowest BCUT2D eigenvalue weighted by Gasteiger charge is -2.40. The molecule has 2 N–H and O–H groups in total. The fraction of sp³-hybridized carbons (Fsp3) is 0.588. The maximum Gasteiger partial charge on any atom is 0.265 e. The third kappa shape index (κ3) is 2.60. The van der Waals surface area contributed by atoms with Gasteiger partial charge in [-0.2, -0.15) is 0 Å². The van der Waals surface area contributed by atoms with Crippen LogP contribution in [0.25, 0.3) is 0 Å². The Morgan fingerprint density at radius 3 is 2.78 bits per heavy atom. The van der Waals surface area contributed by atoms with Crippen molar-refractivity contribution in [2.45, 2.75) is 31.2 Å². The predicted octanol–water partition coefficient (Wildman–Crippen LogP) is 1.46. The zero-order valence-electron chi connectivity index (χ0n) is 13.1. The highest BCUT2D eigenvalue weighted by Crippen LogP contribution is 2.45. The minimum atomic E-state index is -0.231. The summed E-state index contributed by atoms with van der Waals surface area (Å²) in [6, 6.07) is 3.39. The van der Waals surface area contributed by atoms with Gasteiger partial charge in [0.2, 0.25) is 0 Å². The second-order valence-electron chi connectivity index (χ2n) is 6.77. The van der Waals surface area contributed by atoms with Gasteiger partial charge in [0.25, 0.3) is 5.91 Å². The number of benzene rings is 1. The molecule has 3 aliphatic heterocycles. The summed E-state index contributed by atoms with van der Waals surface area (Å²) in [5, 5.41) is 0. The number of nitrogens with two attached hydrogens (primary N) is 1. The number of hydrogen-bond donors (Lipinski definition) is 1.